The fraction of sp³-hybridized carbons (Fsp3) is 0.727. The van der Waals surface area contributed by atoms with Gasteiger partial charge >= 0.3 is 0 Å². The zero-order valence-electron chi connectivity index (χ0n) is 9.57. The van der Waals surface area contributed by atoms with E-state index in [2.05, 4.69) is 6.20 Å². The molecule has 2 rings (SSSR count). The normalized spacial score (nSPS) is 17.8. The van der Waals surface area contributed by atoms with Crippen molar-refractivity contribution in [1.82, 2.24) is 4.57 Å². The molecule has 0 saturated carbocycles. The lowest BCUT2D eigenvalue weighted by atomic mass is 9.99. The topological polar surface area (TPSA) is 47.2 Å². The quantitative estimate of drug-likeness (QED) is 0.871. The van der Waals surface area contributed by atoms with Gasteiger partial charge in [0.05, 0.1) is 6.61 Å². The van der Waals surface area contributed by atoms with E-state index in [0.29, 0.717) is 17.3 Å². The summed E-state index contributed by atoms with van der Waals surface area (Å²) in [6, 6.07) is 0. The Bertz CT molecular complexity index is 380. The number of thiazole rings is 1. The van der Waals surface area contributed by atoms with Gasteiger partial charge in [0.1, 0.15) is 0 Å². The van der Waals surface area contributed by atoms with E-state index in [4.69, 9.17) is 14.9 Å². The molecule has 90 valence electrons. The minimum atomic E-state index is 0.589. The Labute approximate surface area is 99.3 Å². The molecule has 0 radical (unpaired) electrons. The van der Waals surface area contributed by atoms with Gasteiger partial charge < -0.3 is 14.0 Å². The monoisotopic (exact) mass is 242 g/mol. The van der Waals surface area contributed by atoms with E-state index < -0.39 is 0 Å². The molecule has 1 saturated heterocycles. The average molecular weight is 242 g/mol. The third-order valence-corrected chi connectivity index (χ3v) is 4.02. The molecule has 2 heterocycles. The SMILES string of the molecule is COCCn1cc(C2CCOCC2)sc1=N. The van der Waals surface area contributed by atoms with Crippen molar-refractivity contribution in [1.29, 1.82) is 5.41 Å². The molecule has 0 atom stereocenters. The first-order valence-corrected chi connectivity index (χ1v) is 6.44. The van der Waals surface area contributed by atoms with Gasteiger partial charge in [0, 0.05) is 37.9 Å². The summed E-state index contributed by atoms with van der Waals surface area (Å²) >= 11 is 1.59. The van der Waals surface area contributed by atoms with E-state index in [1.54, 1.807) is 18.4 Å². The summed E-state index contributed by atoms with van der Waals surface area (Å²) in [6.07, 6.45) is 4.29. The maximum atomic E-state index is 7.88. The number of aromatic nitrogens is 1. The molecule has 1 aliphatic rings. The summed E-state index contributed by atoms with van der Waals surface area (Å²) in [5, 5.41) is 7.88. The van der Waals surface area contributed by atoms with Crippen molar-refractivity contribution in [2.45, 2.75) is 25.3 Å². The van der Waals surface area contributed by atoms with Gasteiger partial charge in [0.15, 0.2) is 4.80 Å². The fourth-order valence-electron chi connectivity index (χ4n) is 1.94. The molecule has 1 aromatic rings. The van der Waals surface area contributed by atoms with Crippen LogP contribution in [0.4, 0.5) is 0 Å². The average Bonchev–Trinajstić information content (AvgIpc) is 2.69. The van der Waals surface area contributed by atoms with Crippen LogP contribution in [-0.2, 0) is 16.0 Å². The molecular formula is C11H18N2O2S. The summed E-state index contributed by atoms with van der Waals surface area (Å²) < 4.78 is 12.4. The molecule has 1 fully saturated rings. The highest BCUT2D eigenvalue weighted by atomic mass is 32.1. The lowest BCUT2D eigenvalue weighted by molar-refractivity contribution is 0.0859. The first-order valence-electron chi connectivity index (χ1n) is 5.62. The van der Waals surface area contributed by atoms with Crippen LogP contribution >= 0.6 is 11.3 Å². The molecule has 1 N–H and O–H groups in total. The van der Waals surface area contributed by atoms with Crippen LogP contribution in [0.3, 0.4) is 0 Å². The summed E-state index contributed by atoms with van der Waals surface area (Å²) in [7, 11) is 1.69. The smallest absolute Gasteiger partial charge is 0.182 e. The number of hydrogen-bond donors (Lipinski definition) is 1. The number of nitrogens with zero attached hydrogens (tertiary/aromatic N) is 1. The Morgan fingerprint density at radius 2 is 2.31 bits per heavy atom. The summed E-state index contributed by atoms with van der Waals surface area (Å²) in [6.45, 7) is 3.15. The molecule has 16 heavy (non-hydrogen) atoms. The van der Waals surface area contributed by atoms with Gasteiger partial charge in [0.25, 0.3) is 0 Å². The molecule has 0 unspecified atom stereocenters. The van der Waals surface area contributed by atoms with Gasteiger partial charge in [-0.25, -0.2) is 0 Å². The molecule has 0 aromatic carbocycles. The number of hydrogen-bond acceptors (Lipinski definition) is 4. The van der Waals surface area contributed by atoms with Gasteiger partial charge in [-0.1, -0.05) is 0 Å². The second kappa shape index (κ2) is 5.61. The number of rotatable bonds is 4. The minimum absolute atomic E-state index is 0.589. The standard InChI is InChI=1S/C11H18N2O2S/c1-14-7-4-13-8-10(16-11(13)12)9-2-5-15-6-3-9/h8-9,12H,2-7H2,1H3. The molecule has 0 amide bonds. The van der Waals surface area contributed by atoms with Crippen LogP contribution in [0.5, 0.6) is 0 Å². The maximum absolute atomic E-state index is 7.88. The van der Waals surface area contributed by atoms with Crippen molar-refractivity contribution in [3.8, 4) is 0 Å². The molecule has 0 aliphatic carbocycles. The highest BCUT2D eigenvalue weighted by Gasteiger charge is 2.18. The van der Waals surface area contributed by atoms with Crippen molar-refractivity contribution in [3.05, 3.63) is 15.9 Å². The van der Waals surface area contributed by atoms with E-state index in [1.807, 2.05) is 4.57 Å². The van der Waals surface area contributed by atoms with Crippen LogP contribution < -0.4 is 4.80 Å². The van der Waals surface area contributed by atoms with Gasteiger partial charge in [-0.05, 0) is 18.8 Å². The lowest BCUT2D eigenvalue weighted by Gasteiger charge is -2.20. The predicted octanol–water partition coefficient (Wildman–Crippen LogP) is 1.57. The minimum Gasteiger partial charge on any atom is -0.383 e. The van der Waals surface area contributed by atoms with E-state index in [0.717, 1.165) is 32.6 Å². The van der Waals surface area contributed by atoms with Gasteiger partial charge in [0.2, 0.25) is 0 Å². The highest BCUT2D eigenvalue weighted by molar-refractivity contribution is 7.09. The van der Waals surface area contributed by atoms with Gasteiger partial charge in [-0.15, -0.1) is 11.3 Å². The summed E-state index contributed by atoms with van der Waals surface area (Å²) in [5.41, 5.74) is 0. The summed E-state index contributed by atoms with van der Waals surface area (Å²) in [5.74, 6) is 0.589. The Morgan fingerprint density at radius 1 is 1.56 bits per heavy atom. The third-order valence-electron chi connectivity index (χ3n) is 2.92. The van der Waals surface area contributed by atoms with Crippen LogP contribution in [-0.4, -0.2) is 31.5 Å². The third kappa shape index (κ3) is 2.72. The molecular weight excluding hydrogens is 224 g/mol. The molecule has 0 spiro atoms. The first kappa shape index (κ1) is 11.8. The number of ether oxygens (including phenoxy) is 2. The highest BCUT2D eigenvalue weighted by Crippen LogP contribution is 2.28. The summed E-state index contributed by atoms with van der Waals surface area (Å²) in [4.78, 5) is 1.95. The fourth-order valence-corrected chi connectivity index (χ4v) is 3.00. The Hall–Kier alpha value is -0.650. The molecule has 1 aromatic heterocycles. The van der Waals surface area contributed by atoms with Crippen molar-refractivity contribution >= 4 is 11.3 Å². The van der Waals surface area contributed by atoms with E-state index in [9.17, 15) is 0 Å². The van der Waals surface area contributed by atoms with Crippen LogP contribution in [0.1, 0.15) is 23.6 Å². The van der Waals surface area contributed by atoms with Crippen molar-refractivity contribution in [2.75, 3.05) is 26.9 Å². The second-order valence-electron chi connectivity index (χ2n) is 4.01. The number of nitrogens with one attached hydrogen (secondary N) is 1. The Morgan fingerprint density at radius 3 is 3.00 bits per heavy atom. The zero-order valence-corrected chi connectivity index (χ0v) is 10.4. The largest absolute Gasteiger partial charge is 0.383 e. The molecule has 0 bridgehead atoms. The van der Waals surface area contributed by atoms with Crippen molar-refractivity contribution < 1.29 is 9.47 Å². The second-order valence-corrected chi connectivity index (χ2v) is 5.07. The van der Waals surface area contributed by atoms with Crippen molar-refractivity contribution in [3.63, 3.8) is 0 Å². The first-order chi connectivity index (χ1) is 7.81. The van der Waals surface area contributed by atoms with Crippen LogP contribution in [0, 0.1) is 5.41 Å². The Balaban J connectivity index is 2.07. The van der Waals surface area contributed by atoms with Crippen LogP contribution in [0.25, 0.3) is 0 Å². The van der Waals surface area contributed by atoms with Crippen LogP contribution in [0.2, 0.25) is 0 Å². The molecule has 1 aliphatic heterocycles. The van der Waals surface area contributed by atoms with Gasteiger partial charge in [-0.2, -0.15) is 0 Å². The molecule has 4 nitrogen and oxygen atoms in total. The van der Waals surface area contributed by atoms with E-state index >= 15 is 0 Å². The number of methoxy groups -OCH3 is 1. The van der Waals surface area contributed by atoms with Crippen LogP contribution in [0.15, 0.2) is 6.20 Å². The van der Waals surface area contributed by atoms with E-state index in [1.165, 1.54) is 4.88 Å². The van der Waals surface area contributed by atoms with E-state index in [-0.39, 0.29) is 0 Å². The Kier molecular flexibility index (Phi) is 4.15. The van der Waals surface area contributed by atoms with Gasteiger partial charge in [-0.3, -0.25) is 5.41 Å². The van der Waals surface area contributed by atoms with Crippen molar-refractivity contribution in [2.24, 2.45) is 0 Å². The maximum Gasteiger partial charge on any atom is 0.182 e. The lowest BCUT2D eigenvalue weighted by Crippen LogP contribution is -2.15. The predicted molar refractivity (Wildman–Crippen MR) is 62.8 cm³/mol. The zero-order chi connectivity index (χ0) is 11.4. The molecule has 5 heteroatoms.